The van der Waals surface area contributed by atoms with E-state index in [4.69, 9.17) is 5.73 Å². The smallest absolute Gasteiger partial charge is 0.264 e. The standard InChI is InChI=1S/C11H10N4O3S/c12-4-1-2-9-6-10(8-13-7-9)19(16,17)15-11-3-5-18-14-11/h3,5-8H,4,12H2,(H,14,15). The highest BCUT2D eigenvalue weighted by Gasteiger charge is 2.16. The summed E-state index contributed by atoms with van der Waals surface area (Å²) in [4.78, 5) is 3.81. The van der Waals surface area contributed by atoms with Crippen molar-refractivity contribution < 1.29 is 12.9 Å². The third kappa shape index (κ3) is 3.31. The molecule has 98 valence electrons. The van der Waals surface area contributed by atoms with Crippen molar-refractivity contribution >= 4 is 15.8 Å². The maximum Gasteiger partial charge on any atom is 0.264 e. The first-order chi connectivity index (χ1) is 9.12. The number of anilines is 1. The molecule has 0 unspecified atom stereocenters. The Hall–Kier alpha value is -2.37. The maximum absolute atomic E-state index is 12.0. The van der Waals surface area contributed by atoms with E-state index in [9.17, 15) is 8.42 Å². The molecule has 2 rings (SSSR count). The zero-order valence-electron chi connectivity index (χ0n) is 9.70. The van der Waals surface area contributed by atoms with Crippen LogP contribution in [0.3, 0.4) is 0 Å². The highest BCUT2D eigenvalue weighted by molar-refractivity contribution is 7.92. The monoisotopic (exact) mass is 278 g/mol. The Bertz CT molecular complexity index is 714. The van der Waals surface area contributed by atoms with Crippen LogP contribution in [0.1, 0.15) is 5.56 Å². The van der Waals surface area contributed by atoms with E-state index >= 15 is 0 Å². The Morgan fingerprint density at radius 1 is 1.42 bits per heavy atom. The van der Waals surface area contributed by atoms with E-state index in [0.717, 1.165) is 0 Å². The quantitative estimate of drug-likeness (QED) is 0.775. The second-order valence-electron chi connectivity index (χ2n) is 3.41. The van der Waals surface area contributed by atoms with Crippen molar-refractivity contribution in [2.45, 2.75) is 4.90 Å². The molecule has 0 aliphatic rings. The van der Waals surface area contributed by atoms with Gasteiger partial charge in [-0.05, 0) is 6.07 Å². The van der Waals surface area contributed by atoms with Crippen molar-refractivity contribution in [1.82, 2.24) is 10.1 Å². The minimum atomic E-state index is -3.76. The first-order valence-electron chi connectivity index (χ1n) is 5.19. The number of rotatable bonds is 3. The van der Waals surface area contributed by atoms with Crippen LogP contribution in [0.4, 0.5) is 5.82 Å². The second kappa shape index (κ2) is 5.51. The molecule has 2 heterocycles. The molecule has 0 saturated carbocycles. The molecular formula is C11H10N4O3S. The molecule has 2 aromatic rings. The summed E-state index contributed by atoms with van der Waals surface area (Å²) < 4.78 is 30.8. The molecule has 19 heavy (non-hydrogen) atoms. The lowest BCUT2D eigenvalue weighted by molar-refractivity contribution is 0.423. The molecular weight excluding hydrogens is 268 g/mol. The highest BCUT2D eigenvalue weighted by Crippen LogP contribution is 2.14. The highest BCUT2D eigenvalue weighted by atomic mass is 32.2. The first-order valence-corrected chi connectivity index (χ1v) is 6.67. The van der Waals surface area contributed by atoms with Crippen LogP contribution in [0.5, 0.6) is 0 Å². The summed E-state index contributed by atoms with van der Waals surface area (Å²) in [6.45, 7) is 0.189. The average Bonchev–Trinajstić information content (AvgIpc) is 2.89. The zero-order chi connectivity index (χ0) is 13.7. The lowest BCUT2D eigenvalue weighted by atomic mass is 10.3. The lowest BCUT2D eigenvalue weighted by Gasteiger charge is -2.04. The fourth-order valence-electron chi connectivity index (χ4n) is 1.25. The van der Waals surface area contributed by atoms with Crippen LogP contribution in [0.25, 0.3) is 0 Å². The molecule has 0 atom stereocenters. The largest absolute Gasteiger partial charge is 0.363 e. The minimum Gasteiger partial charge on any atom is -0.363 e. The molecule has 0 spiro atoms. The fourth-order valence-corrected chi connectivity index (χ4v) is 2.23. The molecule has 0 aliphatic heterocycles. The summed E-state index contributed by atoms with van der Waals surface area (Å²) in [5.41, 5.74) is 5.71. The molecule has 0 aromatic carbocycles. The normalized spacial score (nSPS) is 10.6. The molecule has 0 amide bonds. The summed E-state index contributed by atoms with van der Waals surface area (Å²) in [6, 6.07) is 2.79. The second-order valence-corrected chi connectivity index (χ2v) is 5.09. The van der Waals surface area contributed by atoms with E-state index in [2.05, 4.69) is 31.2 Å². The molecule has 0 fully saturated rings. The van der Waals surface area contributed by atoms with Crippen molar-refractivity contribution in [2.24, 2.45) is 5.73 Å². The van der Waals surface area contributed by atoms with Gasteiger partial charge >= 0.3 is 0 Å². The van der Waals surface area contributed by atoms with E-state index in [-0.39, 0.29) is 17.3 Å². The molecule has 0 saturated heterocycles. The van der Waals surface area contributed by atoms with Crippen LogP contribution in [-0.4, -0.2) is 25.1 Å². The van der Waals surface area contributed by atoms with Crippen LogP contribution >= 0.6 is 0 Å². The van der Waals surface area contributed by atoms with Gasteiger partial charge in [-0.1, -0.05) is 17.0 Å². The van der Waals surface area contributed by atoms with Gasteiger partial charge in [-0.15, -0.1) is 0 Å². The number of nitrogens with zero attached hydrogens (tertiary/aromatic N) is 2. The SMILES string of the molecule is NCC#Cc1cncc(S(=O)(=O)Nc2ccon2)c1. The van der Waals surface area contributed by atoms with Crippen LogP contribution < -0.4 is 10.5 Å². The molecule has 3 N–H and O–H groups in total. The van der Waals surface area contributed by atoms with Crippen LogP contribution in [0.2, 0.25) is 0 Å². The average molecular weight is 278 g/mol. The summed E-state index contributed by atoms with van der Waals surface area (Å²) in [5, 5.41) is 3.47. The number of nitrogens with two attached hydrogens (primary N) is 1. The van der Waals surface area contributed by atoms with Crippen molar-refractivity contribution in [3.05, 3.63) is 36.4 Å². The number of hydrogen-bond donors (Lipinski definition) is 2. The summed E-state index contributed by atoms with van der Waals surface area (Å²) in [7, 11) is -3.76. The van der Waals surface area contributed by atoms with Crippen LogP contribution in [-0.2, 0) is 10.0 Å². The van der Waals surface area contributed by atoms with Gasteiger partial charge in [-0.3, -0.25) is 9.71 Å². The van der Waals surface area contributed by atoms with E-state index in [0.29, 0.717) is 5.56 Å². The van der Waals surface area contributed by atoms with Gasteiger partial charge in [0.2, 0.25) is 0 Å². The molecule has 2 aromatic heterocycles. The Morgan fingerprint density at radius 2 is 2.26 bits per heavy atom. The van der Waals surface area contributed by atoms with Crippen molar-refractivity contribution in [2.75, 3.05) is 11.3 Å². The number of nitrogens with one attached hydrogen (secondary N) is 1. The van der Waals surface area contributed by atoms with Crippen molar-refractivity contribution in [1.29, 1.82) is 0 Å². The number of hydrogen-bond acceptors (Lipinski definition) is 6. The van der Waals surface area contributed by atoms with Gasteiger partial charge < -0.3 is 10.3 Å². The van der Waals surface area contributed by atoms with Crippen LogP contribution in [0.15, 0.2) is 40.2 Å². The molecule has 0 aliphatic carbocycles. The van der Waals surface area contributed by atoms with E-state index in [1.165, 1.54) is 30.8 Å². The van der Waals surface area contributed by atoms with Gasteiger partial charge in [0.1, 0.15) is 11.2 Å². The topological polar surface area (TPSA) is 111 Å². The first kappa shape index (κ1) is 13.1. The Morgan fingerprint density at radius 3 is 2.95 bits per heavy atom. The summed E-state index contributed by atoms with van der Waals surface area (Å²) in [6.07, 6.45) is 3.94. The molecule has 0 bridgehead atoms. The number of pyridine rings is 1. The number of aromatic nitrogens is 2. The molecule has 0 radical (unpaired) electrons. The van der Waals surface area contributed by atoms with Crippen molar-refractivity contribution in [3.8, 4) is 11.8 Å². The van der Waals surface area contributed by atoms with Gasteiger partial charge in [0.05, 0.1) is 6.54 Å². The van der Waals surface area contributed by atoms with Gasteiger partial charge in [0.25, 0.3) is 10.0 Å². The summed E-state index contributed by atoms with van der Waals surface area (Å²) >= 11 is 0. The van der Waals surface area contributed by atoms with Gasteiger partial charge in [-0.2, -0.15) is 0 Å². The van der Waals surface area contributed by atoms with Gasteiger partial charge in [0, 0.05) is 24.0 Å². The lowest BCUT2D eigenvalue weighted by Crippen LogP contribution is -2.13. The zero-order valence-corrected chi connectivity index (χ0v) is 10.5. The predicted molar refractivity (Wildman–Crippen MR) is 67.5 cm³/mol. The third-order valence-corrected chi connectivity index (χ3v) is 3.36. The molecule has 7 nitrogen and oxygen atoms in total. The summed E-state index contributed by atoms with van der Waals surface area (Å²) in [5.74, 6) is 5.43. The number of sulfonamides is 1. The third-order valence-electron chi connectivity index (χ3n) is 2.04. The van der Waals surface area contributed by atoms with Crippen molar-refractivity contribution in [3.63, 3.8) is 0 Å². The van der Waals surface area contributed by atoms with Gasteiger partial charge in [0.15, 0.2) is 5.82 Å². The minimum absolute atomic E-state index is 0.0145. The van der Waals surface area contributed by atoms with E-state index in [1.807, 2.05) is 0 Å². The van der Waals surface area contributed by atoms with Crippen LogP contribution in [0, 0.1) is 11.8 Å². The van der Waals surface area contributed by atoms with E-state index in [1.54, 1.807) is 0 Å². The Kier molecular flexibility index (Phi) is 3.79. The predicted octanol–water partition coefficient (Wildman–Crippen LogP) is 0.181. The van der Waals surface area contributed by atoms with Gasteiger partial charge in [-0.25, -0.2) is 8.42 Å². The maximum atomic E-state index is 12.0. The Labute approximate surface area is 109 Å². The molecule has 8 heteroatoms. The fraction of sp³-hybridized carbons (Fsp3) is 0.0909. The Balaban J connectivity index is 2.30. The van der Waals surface area contributed by atoms with E-state index < -0.39 is 10.0 Å².